The van der Waals surface area contributed by atoms with Crippen molar-refractivity contribution in [3.05, 3.63) is 47.1 Å². The largest absolute Gasteiger partial charge is 0.458 e. The smallest absolute Gasteiger partial charge is 0.334 e. The molecular weight excluding hydrogens is 352 g/mol. The minimum atomic E-state index is -0.791. The van der Waals surface area contributed by atoms with Gasteiger partial charge in [-0.1, -0.05) is 12.7 Å². The lowest BCUT2D eigenvalue weighted by atomic mass is 9.85. The van der Waals surface area contributed by atoms with Gasteiger partial charge in [0.25, 0.3) is 0 Å². The summed E-state index contributed by atoms with van der Waals surface area (Å²) in [6.07, 6.45) is 2.86. The number of aliphatic hydroxyl groups excluding tert-OH is 3. The maximum absolute atomic E-state index is 12.3. The van der Waals surface area contributed by atoms with E-state index in [4.69, 9.17) is 14.6 Å². The Bertz CT molecular complexity index is 699. The second-order valence-corrected chi connectivity index (χ2v) is 6.82. The molecule has 2 aliphatic rings. The lowest BCUT2D eigenvalue weighted by molar-refractivity contribution is -0.147. The average molecular weight is 378 g/mol. The van der Waals surface area contributed by atoms with Crippen molar-refractivity contribution < 1.29 is 34.4 Å². The molecule has 0 amide bonds. The number of carbonyl (C=O) groups is 2. The lowest BCUT2D eigenvalue weighted by Crippen LogP contribution is -2.34. The van der Waals surface area contributed by atoms with Gasteiger partial charge < -0.3 is 24.8 Å². The maximum Gasteiger partial charge on any atom is 0.334 e. The van der Waals surface area contributed by atoms with Crippen LogP contribution in [-0.2, 0) is 19.1 Å². The van der Waals surface area contributed by atoms with E-state index >= 15 is 0 Å². The van der Waals surface area contributed by atoms with Gasteiger partial charge >= 0.3 is 11.9 Å². The second kappa shape index (κ2) is 9.12. The third-order valence-corrected chi connectivity index (χ3v) is 4.89. The Labute approximate surface area is 158 Å². The van der Waals surface area contributed by atoms with E-state index in [2.05, 4.69) is 6.58 Å². The highest BCUT2D eigenvalue weighted by Gasteiger charge is 2.44. The predicted octanol–water partition coefficient (Wildman–Crippen LogP) is 0.954. The number of fused-ring (bicyclic) bond motifs is 1. The topological polar surface area (TPSA) is 113 Å². The number of hydrogen-bond acceptors (Lipinski definition) is 7. The van der Waals surface area contributed by atoms with Crippen molar-refractivity contribution in [3.63, 3.8) is 0 Å². The fourth-order valence-corrected chi connectivity index (χ4v) is 3.18. The first-order valence-corrected chi connectivity index (χ1v) is 8.82. The summed E-state index contributed by atoms with van der Waals surface area (Å²) >= 11 is 0. The van der Waals surface area contributed by atoms with Gasteiger partial charge in [-0.15, -0.1) is 0 Å². The fraction of sp³-hybridized carbons (Fsp3) is 0.500. The zero-order valence-corrected chi connectivity index (χ0v) is 15.6. The van der Waals surface area contributed by atoms with E-state index in [1.165, 1.54) is 13.0 Å². The van der Waals surface area contributed by atoms with Crippen molar-refractivity contribution in [1.82, 2.24) is 0 Å². The fourth-order valence-electron chi connectivity index (χ4n) is 3.18. The summed E-state index contributed by atoms with van der Waals surface area (Å²) in [5, 5.41) is 28.9. The molecule has 0 aromatic carbocycles. The summed E-state index contributed by atoms with van der Waals surface area (Å²) in [4.78, 5) is 24.4. The lowest BCUT2D eigenvalue weighted by Gasteiger charge is -2.28. The summed E-state index contributed by atoms with van der Waals surface area (Å²) in [5.74, 6) is -1.85. The van der Waals surface area contributed by atoms with Crippen LogP contribution in [-0.4, -0.2) is 58.8 Å². The van der Waals surface area contributed by atoms with Gasteiger partial charge in [0.2, 0.25) is 0 Å². The van der Waals surface area contributed by atoms with Crippen molar-refractivity contribution in [2.45, 2.75) is 45.0 Å². The van der Waals surface area contributed by atoms with Gasteiger partial charge in [-0.3, -0.25) is 0 Å². The highest BCUT2D eigenvalue weighted by atomic mass is 16.6. The Morgan fingerprint density at radius 1 is 1.44 bits per heavy atom. The van der Waals surface area contributed by atoms with Crippen LogP contribution in [0.2, 0.25) is 0 Å². The van der Waals surface area contributed by atoms with Crippen molar-refractivity contribution in [2.75, 3.05) is 13.2 Å². The van der Waals surface area contributed by atoms with Crippen molar-refractivity contribution in [2.24, 2.45) is 5.92 Å². The summed E-state index contributed by atoms with van der Waals surface area (Å²) < 4.78 is 11.0. The molecule has 0 spiro atoms. The number of esters is 2. The first-order valence-electron chi connectivity index (χ1n) is 8.82. The number of aliphatic hydroxyl groups is 3. The van der Waals surface area contributed by atoms with Gasteiger partial charge in [0.1, 0.15) is 12.2 Å². The van der Waals surface area contributed by atoms with Gasteiger partial charge in [-0.05, 0) is 43.6 Å². The molecule has 1 heterocycles. The minimum absolute atomic E-state index is 0.172. The van der Waals surface area contributed by atoms with E-state index in [-0.39, 0.29) is 37.2 Å². The van der Waals surface area contributed by atoms with Gasteiger partial charge in [0, 0.05) is 17.6 Å². The molecule has 4 atom stereocenters. The first-order chi connectivity index (χ1) is 12.8. The Balaban J connectivity index is 2.43. The highest BCUT2D eigenvalue weighted by Crippen LogP contribution is 2.36. The summed E-state index contributed by atoms with van der Waals surface area (Å²) in [6.45, 7) is 6.46. The molecule has 7 nitrogen and oxygen atoms in total. The van der Waals surface area contributed by atoms with E-state index in [1.54, 1.807) is 19.1 Å². The Morgan fingerprint density at radius 3 is 2.78 bits per heavy atom. The molecule has 27 heavy (non-hydrogen) atoms. The molecule has 0 radical (unpaired) electrons. The molecule has 1 fully saturated rings. The van der Waals surface area contributed by atoms with E-state index in [9.17, 15) is 19.8 Å². The quantitative estimate of drug-likeness (QED) is 0.379. The molecule has 1 aliphatic heterocycles. The van der Waals surface area contributed by atoms with E-state index < -0.39 is 36.2 Å². The third kappa shape index (κ3) is 4.94. The molecule has 1 aliphatic carbocycles. The van der Waals surface area contributed by atoms with Crippen LogP contribution in [0.4, 0.5) is 0 Å². The molecule has 0 aromatic rings. The van der Waals surface area contributed by atoms with E-state index in [0.29, 0.717) is 11.1 Å². The maximum atomic E-state index is 12.3. The van der Waals surface area contributed by atoms with Crippen LogP contribution in [0.15, 0.2) is 47.1 Å². The summed E-state index contributed by atoms with van der Waals surface area (Å²) in [7, 11) is 0. The van der Waals surface area contributed by atoms with Gasteiger partial charge in [-0.2, -0.15) is 0 Å². The molecule has 0 saturated carbocycles. The first kappa shape index (κ1) is 21.1. The minimum Gasteiger partial charge on any atom is -0.458 e. The molecule has 0 aromatic heterocycles. The zero-order valence-electron chi connectivity index (χ0n) is 15.6. The van der Waals surface area contributed by atoms with Crippen LogP contribution >= 0.6 is 0 Å². The molecule has 1 saturated heterocycles. The molecule has 3 N–H and O–H groups in total. The molecular formula is C20H26O7. The average Bonchev–Trinajstić information content (AvgIpc) is 2.90. The Morgan fingerprint density at radius 2 is 2.15 bits per heavy atom. The number of rotatable bonds is 4. The van der Waals surface area contributed by atoms with Crippen molar-refractivity contribution in [1.29, 1.82) is 0 Å². The van der Waals surface area contributed by atoms with Gasteiger partial charge in [0.05, 0.1) is 25.2 Å². The van der Waals surface area contributed by atoms with Crippen molar-refractivity contribution >= 4 is 11.9 Å². The Kier molecular flexibility index (Phi) is 7.12. The molecule has 7 heteroatoms. The number of carbonyl (C=O) groups excluding carboxylic acids is 2. The highest BCUT2D eigenvalue weighted by molar-refractivity contribution is 5.92. The van der Waals surface area contributed by atoms with Crippen LogP contribution in [0.1, 0.15) is 26.7 Å². The SMILES string of the molecule is C=C1C(=O)O[C@@H]2/C=C(\C)[C@H](O)C/C=C(\CO)C[C@@H](OC(=O)/C(C)=C/CO)[C@H]12. The third-order valence-electron chi connectivity index (χ3n) is 4.89. The van der Waals surface area contributed by atoms with E-state index in [0.717, 1.165) is 0 Å². The summed E-state index contributed by atoms with van der Waals surface area (Å²) in [6, 6.07) is 0. The van der Waals surface area contributed by atoms with Crippen LogP contribution in [0, 0.1) is 5.92 Å². The number of hydrogen-bond donors (Lipinski definition) is 3. The normalized spacial score (nSPS) is 33.3. The van der Waals surface area contributed by atoms with Crippen LogP contribution in [0.3, 0.4) is 0 Å². The van der Waals surface area contributed by atoms with Crippen LogP contribution in [0.5, 0.6) is 0 Å². The predicted molar refractivity (Wildman–Crippen MR) is 97.4 cm³/mol. The Hall–Kier alpha value is -2.22. The molecule has 148 valence electrons. The molecule has 0 unspecified atom stereocenters. The van der Waals surface area contributed by atoms with Gasteiger partial charge in [-0.25, -0.2) is 9.59 Å². The van der Waals surface area contributed by atoms with Crippen LogP contribution in [0.25, 0.3) is 0 Å². The molecule has 0 bridgehead atoms. The standard InChI is InChI=1S/C20H26O7/c1-11(6-7-21)19(24)26-17-9-14(10-22)4-5-15(23)12(2)8-16-18(17)13(3)20(25)27-16/h4,6,8,15-18,21-23H,3,5,7,9-10H2,1-2H3/b11-6+,12-8+,14-4-/t15-,16-,17-,18-/m1/s1. The second-order valence-electron chi connectivity index (χ2n) is 6.82. The van der Waals surface area contributed by atoms with Crippen LogP contribution < -0.4 is 0 Å². The zero-order chi connectivity index (χ0) is 20.1. The van der Waals surface area contributed by atoms with Gasteiger partial charge in [0.15, 0.2) is 0 Å². The number of ether oxygens (including phenoxy) is 2. The molecule has 2 rings (SSSR count). The van der Waals surface area contributed by atoms with Crippen molar-refractivity contribution in [3.8, 4) is 0 Å². The van der Waals surface area contributed by atoms with E-state index in [1.807, 2.05) is 0 Å². The summed E-state index contributed by atoms with van der Waals surface area (Å²) in [5.41, 5.74) is 1.61. The monoisotopic (exact) mass is 378 g/mol.